The predicted molar refractivity (Wildman–Crippen MR) is 60.2 cm³/mol. The topological polar surface area (TPSA) is 60.2 Å². The summed E-state index contributed by atoms with van der Waals surface area (Å²) in [5.41, 5.74) is 0.755. The molecule has 0 N–H and O–H groups in total. The highest BCUT2D eigenvalue weighted by atomic mass is 32.1. The molecule has 78 valence electrons. The highest BCUT2D eigenvalue weighted by molar-refractivity contribution is 7.15. The van der Waals surface area contributed by atoms with Gasteiger partial charge in [0.05, 0.1) is 4.53 Å². The molecule has 3 aromatic rings. The van der Waals surface area contributed by atoms with Gasteiger partial charge < -0.3 is 0 Å². The fourth-order valence-electron chi connectivity index (χ4n) is 1.39. The maximum absolute atomic E-state index is 11.8. The lowest BCUT2D eigenvalue weighted by atomic mass is 10.3. The standard InChI is InChI=1S/C10H6N4OS/c15-9-8(4-7-2-1-3-11-5-7)16-10-12-6-13-14(9)10/h1-6H. The van der Waals surface area contributed by atoms with E-state index < -0.39 is 0 Å². The van der Waals surface area contributed by atoms with E-state index >= 15 is 0 Å². The molecule has 0 aromatic carbocycles. The second-order valence-electron chi connectivity index (χ2n) is 3.16. The molecule has 3 rings (SSSR count). The van der Waals surface area contributed by atoms with Crippen LogP contribution in [0.3, 0.4) is 0 Å². The molecule has 0 spiro atoms. The Hall–Kier alpha value is -2.08. The number of hydrogen-bond donors (Lipinski definition) is 0. The molecule has 6 heteroatoms. The molecule has 0 saturated heterocycles. The van der Waals surface area contributed by atoms with Gasteiger partial charge in [-0.2, -0.15) is 9.61 Å². The first kappa shape index (κ1) is 9.17. The molecule has 0 unspecified atom stereocenters. The van der Waals surface area contributed by atoms with Crippen LogP contribution in [-0.4, -0.2) is 19.6 Å². The first-order valence-corrected chi connectivity index (χ1v) is 5.40. The summed E-state index contributed by atoms with van der Waals surface area (Å²) in [4.78, 5) is 20.4. The Bertz CT molecular complexity index is 731. The summed E-state index contributed by atoms with van der Waals surface area (Å²) in [7, 11) is 0. The van der Waals surface area contributed by atoms with E-state index in [1.165, 1.54) is 22.2 Å². The van der Waals surface area contributed by atoms with Crippen LogP contribution in [0, 0.1) is 0 Å². The average molecular weight is 230 g/mol. The van der Waals surface area contributed by atoms with E-state index in [-0.39, 0.29) is 5.56 Å². The van der Waals surface area contributed by atoms with Crippen LogP contribution in [0.5, 0.6) is 0 Å². The number of hydrogen-bond acceptors (Lipinski definition) is 5. The van der Waals surface area contributed by atoms with E-state index in [9.17, 15) is 4.79 Å². The Balaban J connectivity index is 2.27. The molecule has 0 fully saturated rings. The summed E-state index contributed by atoms with van der Waals surface area (Å²) in [5.74, 6) is 0. The molecule has 0 radical (unpaired) electrons. The quantitative estimate of drug-likeness (QED) is 0.594. The summed E-state index contributed by atoms with van der Waals surface area (Å²) in [6, 6.07) is 3.72. The van der Waals surface area contributed by atoms with Crippen LogP contribution in [0.1, 0.15) is 5.56 Å². The Kier molecular flexibility index (Phi) is 2.00. The number of thiazole rings is 1. The highest BCUT2D eigenvalue weighted by Crippen LogP contribution is 1.99. The van der Waals surface area contributed by atoms with Gasteiger partial charge in [-0.1, -0.05) is 17.4 Å². The van der Waals surface area contributed by atoms with Gasteiger partial charge in [-0.3, -0.25) is 9.78 Å². The zero-order valence-corrected chi connectivity index (χ0v) is 8.89. The van der Waals surface area contributed by atoms with Crippen molar-refractivity contribution in [2.75, 3.05) is 0 Å². The van der Waals surface area contributed by atoms with E-state index in [1.54, 1.807) is 18.5 Å². The van der Waals surface area contributed by atoms with Gasteiger partial charge in [-0.25, -0.2) is 4.98 Å². The van der Waals surface area contributed by atoms with Gasteiger partial charge >= 0.3 is 0 Å². The number of pyridine rings is 1. The van der Waals surface area contributed by atoms with E-state index in [0.29, 0.717) is 9.49 Å². The van der Waals surface area contributed by atoms with Crippen molar-refractivity contribution in [3.63, 3.8) is 0 Å². The molecule has 0 aliphatic carbocycles. The van der Waals surface area contributed by atoms with E-state index in [2.05, 4.69) is 15.1 Å². The minimum Gasteiger partial charge on any atom is -0.266 e. The summed E-state index contributed by atoms with van der Waals surface area (Å²) < 4.78 is 1.91. The van der Waals surface area contributed by atoms with Gasteiger partial charge in [-0.15, -0.1) is 0 Å². The van der Waals surface area contributed by atoms with E-state index in [0.717, 1.165) is 5.56 Å². The van der Waals surface area contributed by atoms with Crippen molar-refractivity contribution in [1.82, 2.24) is 19.6 Å². The molecule has 3 aromatic heterocycles. The van der Waals surface area contributed by atoms with Crippen LogP contribution in [0.2, 0.25) is 0 Å². The zero-order chi connectivity index (χ0) is 11.0. The van der Waals surface area contributed by atoms with E-state index in [1.807, 2.05) is 12.1 Å². The fourth-order valence-corrected chi connectivity index (χ4v) is 2.27. The van der Waals surface area contributed by atoms with Crippen molar-refractivity contribution in [3.8, 4) is 0 Å². The van der Waals surface area contributed by atoms with Gasteiger partial charge in [0.15, 0.2) is 0 Å². The second-order valence-corrected chi connectivity index (χ2v) is 4.17. The Morgan fingerprint density at radius 3 is 3.12 bits per heavy atom. The SMILES string of the molecule is O=c1c(=Cc2cccnc2)sc2ncnn12. The third-order valence-corrected chi connectivity index (χ3v) is 3.08. The van der Waals surface area contributed by atoms with Gasteiger partial charge in [0.2, 0.25) is 4.96 Å². The minimum absolute atomic E-state index is 0.138. The summed E-state index contributed by atoms with van der Waals surface area (Å²) in [5, 5.41) is 3.85. The van der Waals surface area contributed by atoms with Crippen molar-refractivity contribution in [2.45, 2.75) is 0 Å². The van der Waals surface area contributed by atoms with Gasteiger partial charge in [-0.05, 0) is 17.7 Å². The molecule has 0 aliphatic rings. The largest absolute Gasteiger partial charge is 0.291 e. The maximum atomic E-state index is 11.8. The Morgan fingerprint density at radius 2 is 2.38 bits per heavy atom. The van der Waals surface area contributed by atoms with Crippen LogP contribution in [-0.2, 0) is 0 Å². The number of nitrogens with zero attached hydrogens (tertiary/aromatic N) is 4. The zero-order valence-electron chi connectivity index (χ0n) is 8.07. The third-order valence-electron chi connectivity index (χ3n) is 2.10. The maximum Gasteiger partial charge on any atom is 0.291 e. The number of rotatable bonds is 1. The van der Waals surface area contributed by atoms with Crippen LogP contribution in [0.4, 0.5) is 0 Å². The summed E-state index contributed by atoms with van der Waals surface area (Å²) in [6.07, 6.45) is 6.56. The molecule has 0 saturated carbocycles. The molecule has 5 nitrogen and oxygen atoms in total. The van der Waals surface area contributed by atoms with Crippen molar-refractivity contribution < 1.29 is 0 Å². The molecular formula is C10H6N4OS. The van der Waals surface area contributed by atoms with Crippen LogP contribution in [0.15, 0.2) is 35.6 Å². The molecular weight excluding hydrogens is 224 g/mol. The number of aromatic nitrogens is 4. The van der Waals surface area contributed by atoms with Crippen molar-refractivity contribution in [1.29, 1.82) is 0 Å². The monoisotopic (exact) mass is 230 g/mol. The first-order chi connectivity index (χ1) is 7.84. The second kappa shape index (κ2) is 3.49. The normalized spacial score (nSPS) is 12.4. The van der Waals surface area contributed by atoms with Crippen molar-refractivity contribution >= 4 is 22.4 Å². The van der Waals surface area contributed by atoms with Gasteiger partial charge in [0.1, 0.15) is 6.33 Å². The smallest absolute Gasteiger partial charge is 0.266 e. The lowest BCUT2D eigenvalue weighted by molar-refractivity contribution is 0.932. The molecule has 0 aliphatic heterocycles. The summed E-state index contributed by atoms with van der Waals surface area (Å²) in [6.45, 7) is 0. The van der Waals surface area contributed by atoms with Crippen molar-refractivity contribution in [2.24, 2.45) is 0 Å². The molecule has 0 bridgehead atoms. The molecule has 3 heterocycles. The van der Waals surface area contributed by atoms with Crippen LogP contribution in [0.25, 0.3) is 11.0 Å². The minimum atomic E-state index is -0.138. The lowest BCUT2D eigenvalue weighted by Crippen LogP contribution is -2.23. The molecule has 16 heavy (non-hydrogen) atoms. The van der Waals surface area contributed by atoms with Crippen LogP contribution >= 0.6 is 11.3 Å². The highest BCUT2D eigenvalue weighted by Gasteiger charge is 2.04. The molecule has 0 amide bonds. The predicted octanol–water partition coefficient (Wildman–Crippen LogP) is 0.0937. The van der Waals surface area contributed by atoms with Gasteiger partial charge in [0, 0.05) is 12.4 Å². The average Bonchev–Trinajstić information content (AvgIpc) is 2.86. The van der Waals surface area contributed by atoms with E-state index in [4.69, 9.17) is 0 Å². The molecule has 0 atom stereocenters. The fraction of sp³-hybridized carbons (Fsp3) is 0. The third kappa shape index (κ3) is 1.40. The van der Waals surface area contributed by atoms with Gasteiger partial charge in [0.25, 0.3) is 5.56 Å². The first-order valence-electron chi connectivity index (χ1n) is 4.59. The summed E-state index contributed by atoms with van der Waals surface area (Å²) >= 11 is 1.32. The Labute approximate surface area is 93.7 Å². The van der Waals surface area contributed by atoms with Crippen LogP contribution < -0.4 is 10.1 Å². The lowest BCUT2D eigenvalue weighted by Gasteiger charge is -1.86. The van der Waals surface area contributed by atoms with Crippen molar-refractivity contribution in [3.05, 3.63) is 51.3 Å². The Morgan fingerprint density at radius 1 is 1.44 bits per heavy atom. The number of fused-ring (bicyclic) bond motifs is 1.